The summed E-state index contributed by atoms with van der Waals surface area (Å²) in [5, 5.41) is 3.62. The summed E-state index contributed by atoms with van der Waals surface area (Å²) in [7, 11) is 0. The lowest BCUT2D eigenvalue weighted by molar-refractivity contribution is 0.613. The molecule has 2 unspecified atom stereocenters. The lowest BCUT2D eigenvalue weighted by Crippen LogP contribution is -2.17. The quantitative estimate of drug-likeness (QED) is 0.777. The molecule has 0 amide bonds. The van der Waals surface area contributed by atoms with Crippen LogP contribution in [-0.4, -0.2) is 13.1 Å². The van der Waals surface area contributed by atoms with Gasteiger partial charge >= 0.3 is 0 Å². The first kappa shape index (κ1) is 11.9. The monoisotopic (exact) mass is 241 g/mol. The Morgan fingerprint density at radius 2 is 2.31 bits per heavy atom. The molecule has 1 aromatic rings. The van der Waals surface area contributed by atoms with Crippen molar-refractivity contribution in [3.05, 3.63) is 34.6 Å². The highest BCUT2D eigenvalue weighted by Crippen LogP contribution is 2.47. The third-order valence-corrected chi connectivity index (χ3v) is 3.43. The largest absolute Gasteiger partial charge is 0.316 e. The van der Waals surface area contributed by atoms with Crippen LogP contribution in [-0.2, 0) is 0 Å². The second-order valence-electron chi connectivity index (χ2n) is 4.48. The van der Waals surface area contributed by atoms with E-state index in [2.05, 4.69) is 12.2 Å². The summed E-state index contributed by atoms with van der Waals surface area (Å²) in [6.45, 7) is 4.27. The van der Waals surface area contributed by atoms with Gasteiger partial charge in [0.1, 0.15) is 5.82 Å². The fourth-order valence-electron chi connectivity index (χ4n) is 2.09. The Hall–Kier alpha value is -0.600. The molecule has 0 bridgehead atoms. The standard InChI is InChI=1S/C13H17ClFN/c1-2-5-16-8-10-6-11(10)9-3-4-12(14)13(15)7-9/h3-4,7,10-11,16H,2,5-6,8H2,1H3. The third-order valence-electron chi connectivity index (χ3n) is 3.13. The molecule has 1 saturated carbocycles. The molecular formula is C13H17ClFN. The van der Waals surface area contributed by atoms with Gasteiger partial charge in [-0.3, -0.25) is 0 Å². The molecule has 3 heteroatoms. The van der Waals surface area contributed by atoms with E-state index >= 15 is 0 Å². The van der Waals surface area contributed by atoms with Crippen molar-refractivity contribution in [2.45, 2.75) is 25.7 Å². The minimum atomic E-state index is -0.300. The predicted octanol–water partition coefficient (Wildman–Crippen LogP) is 3.58. The van der Waals surface area contributed by atoms with Gasteiger partial charge in [-0.2, -0.15) is 0 Å². The van der Waals surface area contributed by atoms with E-state index in [1.807, 2.05) is 6.07 Å². The predicted molar refractivity (Wildman–Crippen MR) is 65.4 cm³/mol. The molecule has 1 fully saturated rings. The highest BCUT2D eigenvalue weighted by atomic mass is 35.5. The van der Waals surface area contributed by atoms with Gasteiger partial charge in [-0.05, 0) is 55.5 Å². The summed E-state index contributed by atoms with van der Waals surface area (Å²) in [5.41, 5.74) is 1.09. The van der Waals surface area contributed by atoms with Crippen LogP contribution in [0.5, 0.6) is 0 Å². The van der Waals surface area contributed by atoms with Gasteiger partial charge in [0, 0.05) is 0 Å². The van der Waals surface area contributed by atoms with Crippen molar-refractivity contribution in [1.82, 2.24) is 5.32 Å². The molecule has 2 rings (SSSR count). The Bertz CT molecular complexity index is 367. The maximum absolute atomic E-state index is 13.3. The van der Waals surface area contributed by atoms with Crippen molar-refractivity contribution in [3.63, 3.8) is 0 Å². The van der Waals surface area contributed by atoms with Crippen molar-refractivity contribution in [2.75, 3.05) is 13.1 Å². The number of rotatable bonds is 5. The molecule has 88 valence electrons. The third kappa shape index (κ3) is 2.74. The van der Waals surface area contributed by atoms with Crippen molar-refractivity contribution in [1.29, 1.82) is 0 Å². The number of nitrogens with one attached hydrogen (secondary N) is 1. The van der Waals surface area contributed by atoms with E-state index in [-0.39, 0.29) is 10.8 Å². The van der Waals surface area contributed by atoms with E-state index < -0.39 is 0 Å². The van der Waals surface area contributed by atoms with Crippen LogP contribution in [0, 0.1) is 11.7 Å². The smallest absolute Gasteiger partial charge is 0.142 e. The fraction of sp³-hybridized carbons (Fsp3) is 0.538. The lowest BCUT2D eigenvalue weighted by Gasteiger charge is -2.03. The molecule has 1 aromatic carbocycles. The van der Waals surface area contributed by atoms with Crippen LogP contribution >= 0.6 is 11.6 Å². The normalized spacial score (nSPS) is 23.4. The van der Waals surface area contributed by atoms with Crippen LogP contribution in [0.1, 0.15) is 31.2 Å². The maximum atomic E-state index is 13.3. The Morgan fingerprint density at radius 1 is 1.50 bits per heavy atom. The number of hydrogen-bond acceptors (Lipinski definition) is 1. The average Bonchev–Trinajstić information content (AvgIpc) is 3.02. The molecule has 0 saturated heterocycles. The summed E-state index contributed by atoms with van der Waals surface area (Å²) in [4.78, 5) is 0. The zero-order chi connectivity index (χ0) is 11.5. The molecule has 1 N–H and O–H groups in total. The number of halogens is 2. The van der Waals surface area contributed by atoms with Gasteiger partial charge in [-0.25, -0.2) is 4.39 Å². The summed E-state index contributed by atoms with van der Waals surface area (Å²) in [6, 6.07) is 5.17. The summed E-state index contributed by atoms with van der Waals surface area (Å²) in [5.74, 6) is 0.898. The van der Waals surface area contributed by atoms with Crippen molar-refractivity contribution in [3.8, 4) is 0 Å². The van der Waals surface area contributed by atoms with E-state index in [0.29, 0.717) is 11.8 Å². The lowest BCUT2D eigenvalue weighted by atomic mass is 10.1. The zero-order valence-corrected chi connectivity index (χ0v) is 10.2. The summed E-state index contributed by atoms with van der Waals surface area (Å²) in [6.07, 6.45) is 2.32. The topological polar surface area (TPSA) is 12.0 Å². The van der Waals surface area contributed by atoms with Crippen molar-refractivity contribution < 1.29 is 4.39 Å². The first-order chi connectivity index (χ1) is 7.72. The molecule has 2 atom stereocenters. The first-order valence-corrected chi connectivity index (χ1v) is 6.25. The van der Waals surface area contributed by atoms with Crippen LogP contribution < -0.4 is 5.32 Å². The molecule has 0 radical (unpaired) electrons. The van der Waals surface area contributed by atoms with Gasteiger partial charge in [0.25, 0.3) is 0 Å². The van der Waals surface area contributed by atoms with Crippen LogP contribution in [0.15, 0.2) is 18.2 Å². The van der Waals surface area contributed by atoms with Crippen LogP contribution in [0.2, 0.25) is 5.02 Å². The number of hydrogen-bond donors (Lipinski definition) is 1. The van der Waals surface area contributed by atoms with Crippen LogP contribution in [0.4, 0.5) is 4.39 Å². The average molecular weight is 242 g/mol. The SMILES string of the molecule is CCCNCC1CC1c1ccc(Cl)c(F)c1. The maximum Gasteiger partial charge on any atom is 0.142 e. The summed E-state index contributed by atoms with van der Waals surface area (Å²) >= 11 is 5.66. The van der Waals surface area contributed by atoms with Gasteiger partial charge in [0.15, 0.2) is 0 Å². The molecule has 0 heterocycles. The second-order valence-corrected chi connectivity index (χ2v) is 4.89. The van der Waals surface area contributed by atoms with E-state index in [9.17, 15) is 4.39 Å². The van der Waals surface area contributed by atoms with Gasteiger partial charge in [-0.15, -0.1) is 0 Å². The Balaban J connectivity index is 1.88. The van der Waals surface area contributed by atoms with Gasteiger partial charge in [0.2, 0.25) is 0 Å². The van der Waals surface area contributed by atoms with Crippen LogP contribution in [0.3, 0.4) is 0 Å². The van der Waals surface area contributed by atoms with E-state index in [0.717, 1.165) is 31.5 Å². The molecular weight excluding hydrogens is 225 g/mol. The van der Waals surface area contributed by atoms with Crippen molar-refractivity contribution in [2.24, 2.45) is 5.92 Å². The minimum absolute atomic E-state index is 0.213. The molecule has 0 aromatic heterocycles. The molecule has 0 spiro atoms. The Morgan fingerprint density at radius 3 is 3.00 bits per heavy atom. The minimum Gasteiger partial charge on any atom is -0.316 e. The van der Waals surface area contributed by atoms with E-state index in [1.165, 1.54) is 0 Å². The molecule has 16 heavy (non-hydrogen) atoms. The summed E-state index contributed by atoms with van der Waals surface area (Å²) < 4.78 is 13.3. The Kier molecular flexibility index (Phi) is 3.82. The van der Waals surface area contributed by atoms with E-state index in [4.69, 9.17) is 11.6 Å². The first-order valence-electron chi connectivity index (χ1n) is 5.88. The molecule has 0 aliphatic heterocycles. The molecule has 1 aliphatic carbocycles. The highest BCUT2D eigenvalue weighted by Gasteiger charge is 2.37. The van der Waals surface area contributed by atoms with Crippen molar-refractivity contribution >= 4 is 11.6 Å². The van der Waals surface area contributed by atoms with E-state index in [1.54, 1.807) is 12.1 Å². The fourth-order valence-corrected chi connectivity index (χ4v) is 2.21. The van der Waals surface area contributed by atoms with Crippen LogP contribution in [0.25, 0.3) is 0 Å². The zero-order valence-electron chi connectivity index (χ0n) is 9.47. The van der Waals surface area contributed by atoms with Gasteiger partial charge < -0.3 is 5.32 Å². The molecule has 1 nitrogen and oxygen atoms in total. The number of benzene rings is 1. The highest BCUT2D eigenvalue weighted by molar-refractivity contribution is 6.30. The van der Waals surface area contributed by atoms with Gasteiger partial charge in [0.05, 0.1) is 5.02 Å². The van der Waals surface area contributed by atoms with Gasteiger partial charge in [-0.1, -0.05) is 24.6 Å². The second kappa shape index (κ2) is 5.15. The Labute approximate surface area is 101 Å². The molecule has 1 aliphatic rings.